The van der Waals surface area contributed by atoms with Gasteiger partial charge in [0.1, 0.15) is 0 Å². The molecular weight excluding hydrogens is 366 g/mol. The number of benzene rings is 2. The van der Waals surface area contributed by atoms with E-state index in [9.17, 15) is 13.2 Å². The van der Waals surface area contributed by atoms with E-state index in [0.29, 0.717) is 11.1 Å². The number of carbonyl (C=O) groups is 1. The highest BCUT2D eigenvalue weighted by Crippen LogP contribution is 2.26. The lowest BCUT2D eigenvalue weighted by Crippen LogP contribution is -2.16. The van der Waals surface area contributed by atoms with Crippen molar-refractivity contribution in [3.8, 4) is 0 Å². The summed E-state index contributed by atoms with van der Waals surface area (Å²) < 4.78 is 28.9. The summed E-state index contributed by atoms with van der Waals surface area (Å²) in [7, 11) is -3.83. The summed E-state index contributed by atoms with van der Waals surface area (Å²) in [5, 5.41) is 0. The number of hydrogen-bond acceptors (Lipinski definition) is 3. The van der Waals surface area contributed by atoms with Crippen LogP contribution in [-0.4, -0.2) is 19.9 Å². The molecule has 0 radical (unpaired) electrons. The molecule has 0 aromatic heterocycles. The van der Waals surface area contributed by atoms with Crippen LogP contribution in [-0.2, 0) is 10.0 Å². The Morgan fingerprint density at radius 1 is 0.864 bits per heavy atom. The second kappa shape index (κ2) is 5.62. The summed E-state index contributed by atoms with van der Waals surface area (Å²) in [5.41, 5.74) is 1.18. The largest absolute Gasteiger partial charge is 0.288 e. The Balaban J connectivity index is 2.18. The lowest BCUT2D eigenvalue weighted by Gasteiger charge is -2.14. The zero-order valence-electron chi connectivity index (χ0n) is 11.2. The molecule has 110 valence electrons. The first-order valence-electron chi connectivity index (χ1n) is 6.40. The second-order valence-electron chi connectivity index (χ2n) is 4.63. The van der Waals surface area contributed by atoms with Gasteiger partial charge in [-0.1, -0.05) is 42.5 Å². The van der Waals surface area contributed by atoms with Crippen molar-refractivity contribution >= 4 is 37.4 Å². The Hall–Kier alpha value is -2.05. The van der Waals surface area contributed by atoms with Crippen LogP contribution in [0.3, 0.4) is 0 Å². The van der Waals surface area contributed by atoms with Crippen LogP contribution in [0.1, 0.15) is 15.9 Å². The SMILES string of the molecule is O=C1C(Br)=CC(=NS(=O)(=O)c2ccccc2)c2ccccc21. The van der Waals surface area contributed by atoms with Crippen LogP contribution >= 0.6 is 15.9 Å². The summed E-state index contributed by atoms with van der Waals surface area (Å²) in [6, 6.07) is 14.8. The Bertz CT molecular complexity index is 915. The van der Waals surface area contributed by atoms with Gasteiger partial charge in [-0.05, 0) is 34.1 Å². The number of rotatable bonds is 2. The van der Waals surface area contributed by atoms with Crippen molar-refractivity contribution in [1.29, 1.82) is 0 Å². The van der Waals surface area contributed by atoms with Gasteiger partial charge in [0, 0.05) is 11.1 Å². The molecule has 0 aliphatic heterocycles. The van der Waals surface area contributed by atoms with E-state index in [0.717, 1.165) is 0 Å². The first-order chi connectivity index (χ1) is 10.5. The predicted octanol–water partition coefficient (Wildman–Crippen LogP) is 3.34. The van der Waals surface area contributed by atoms with Gasteiger partial charge in [-0.2, -0.15) is 12.8 Å². The maximum atomic E-state index is 12.4. The van der Waals surface area contributed by atoms with Crippen molar-refractivity contribution in [3.05, 3.63) is 76.3 Å². The molecule has 0 saturated carbocycles. The molecule has 0 spiro atoms. The highest BCUT2D eigenvalue weighted by atomic mass is 79.9. The fourth-order valence-electron chi connectivity index (χ4n) is 2.15. The molecule has 0 atom stereocenters. The minimum absolute atomic E-state index is 0.112. The van der Waals surface area contributed by atoms with Crippen LogP contribution in [0.25, 0.3) is 0 Å². The minimum Gasteiger partial charge on any atom is -0.288 e. The Labute approximate surface area is 136 Å². The van der Waals surface area contributed by atoms with Crippen LogP contribution in [0.5, 0.6) is 0 Å². The van der Waals surface area contributed by atoms with Crippen molar-refractivity contribution in [1.82, 2.24) is 0 Å². The highest BCUT2D eigenvalue weighted by Gasteiger charge is 2.24. The summed E-state index contributed by atoms with van der Waals surface area (Å²) >= 11 is 3.16. The van der Waals surface area contributed by atoms with Crippen LogP contribution in [0.15, 0.2) is 74.4 Å². The molecule has 0 amide bonds. The molecule has 0 N–H and O–H groups in total. The number of halogens is 1. The number of carbonyl (C=O) groups excluding carboxylic acids is 1. The van der Waals surface area contributed by atoms with Gasteiger partial charge in [0.2, 0.25) is 5.78 Å². The molecule has 2 aromatic carbocycles. The third-order valence-corrected chi connectivity index (χ3v) is 5.08. The fraction of sp³-hybridized carbons (Fsp3) is 0. The maximum absolute atomic E-state index is 12.4. The van der Waals surface area contributed by atoms with E-state index in [1.807, 2.05) is 0 Å². The fourth-order valence-corrected chi connectivity index (χ4v) is 3.59. The van der Waals surface area contributed by atoms with E-state index in [1.165, 1.54) is 18.2 Å². The molecule has 6 heteroatoms. The molecule has 4 nitrogen and oxygen atoms in total. The zero-order chi connectivity index (χ0) is 15.7. The topological polar surface area (TPSA) is 63.6 Å². The van der Waals surface area contributed by atoms with Gasteiger partial charge in [0.15, 0.2) is 0 Å². The van der Waals surface area contributed by atoms with Crippen molar-refractivity contribution < 1.29 is 13.2 Å². The van der Waals surface area contributed by atoms with Crippen LogP contribution in [0, 0.1) is 0 Å². The van der Waals surface area contributed by atoms with E-state index in [4.69, 9.17) is 0 Å². The molecule has 2 aromatic rings. The van der Waals surface area contributed by atoms with Gasteiger partial charge < -0.3 is 0 Å². The average Bonchev–Trinajstić information content (AvgIpc) is 2.53. The van der Waals surface area contributed by atoms with Gasteiger partial charge in [-0.3, -0.25) is 4.79 Å². The molecule has 0 bridgehead atoms. The minimum atomic E-state index is -3.83. The van der Waals surface area contributed by atoms with Gasteiger partial charge in [0.25, 0.3) is 10.0 Å². The Morgan fingerprint density at radius 3 is 2.14 bits per heavy atom. The lowest BCUT2D eigenvalue weighted by atomic mass is 9.94. The molecule has 0 saturated heterocycles. The monoisotopic (exact) mass is 375 g/mol. The zero-order valence-corrected chi connectivity index (χ0v) is 13.6. The molecule has 0 fully saturated rings. The highest BCUT2D eigenvalue weighted by molar-refractivity contribution is 9.12. The standard InChI is InChI=1S/C16H10BrNO3S/c17-14-10-15(12-8-4-5-9-13(12)16(14)19)18-22(20,21)11-6-2-1-3-7-11/h1-10H. The van der Waals surface area contributed by atoms with E-state index >= 15 is 0 Å². The molecular formula is C16H10BrNO3S. The van der Waals surface area contributed by atoms with Gasteiger partial charge in [-0.25, -0.2) is 0 Å². The molecule has 3 rings (SSSR count). The van der Waals surface area contributed by atoms with Crippen LogP contribution in [0.2, 0.25) is 0 Å². The number of Topliss-reactive ketones (excluding diaryl/α,β-unsaturated/α-hetero) is 1. The summed E-state index contributed by atoms with van der Waals surface area (Å²) in [6.45, 7) is 0. The van der Waals surface area contributed by atoms with Crippen molar-refractivity contribution in [2.45, 2.75) is 4.90 Å². The lowest BCUT2D eigenvalue weighted by molar-refractivity contribution is 0.104. The van der Waals surface area contributed by atoms with E-state index < -0.39 is 10.0 Å². The number of nitrogens with zero attached hydrogens (tertiary/aromatic N) is 1. The number of ketones is 1. The van der Waals surface area contributed by atoms with Crippen molar-refractivity contribution in [2.75, 3.05) is 0 Å². The Morgan fingerprint density at radius 2 is 1.45 bits per heavy atom. The quantitative estimate of drug-likeness (QED) is 0.808. The second-order valence-corrected chi connectivity index (χ2v) is 7.09. The normalized spacial score (nSPS) is 16.3. The van der Waals surface area contributed by atoms with E-state index in [-0.39, 0.29) is 20.9 Å². The van der Waals surface area contributed by atoms with Crippen LogP contribution < -0.4 is 0 Å². The third kappa shape index (κ3) is 2.67. The molecule has 0 unspecified atom stereocenters. The number of allylic oxidation sites excluding steroid dienone is 2. The Kier molecular flexibility index (Phi) is 3.80. The maximum Gasteiger partial charge on any atom is 0.282 e. The molecule has 0 heterocycles. The smallest absolute Gasteiger partial charge is 0.282 e. The van der Waals surface area contributed by atoms with Gasteiger partial charge in [0.05, 0.1) is 15.1 Å². The summed E-state index contributed by atoms with van der Waals surface area (Å²) in [5.74, 6) is -0.188. The number of fused-ring (bicyclic) bond motifs is 1. The van der Waals surface area contributed by atoms with E-state index in [1.54, 1.807) is 42.5 Å². The van der Waals surface area contributed by atoms with Gasteiger partial charge >= 0.3 is 0 Å². The molecule has 1 aliphatic rings. The predicted molar refractivity (Wildman–Crippen MR) is 87.9 cm³/mol. The van der Waals surface area contributed by atoms with Crippen molar-refractivity contribution in [3.63, 3.8) is 0 Å². The van der Waals surface area contributed by atoms with Crippen molar-refractivity contribution in [2.24, 2.45) is 4.40 Å². The summed E-state index contributed by atoms with van der Waals surface area (Å²) in [4.78, 5) is 12.2. The van der Waals surface area contributed by atoms with E-state index in [2.05, 4.69) is 20.3 Å². The first kappa shape index (κ1) is 14.9. The molecule has 1 aliphatic carbocycles. The number of hydrogen-bond donors (Lipinski definition) is 0. The van der Waals surface area contributed by atoms with Crippen LogP contribution in [0.4, 0.5) is 0 Å². The number of sulfonamides is 1. The first-order valence-corrected chi connectivity index (χ1v) is 8.64. The summed E-state index contributed by atoms with van der Waals surface area (Å²) in [6.07, 6.45) is 1.44. The third-order valence-electron chi connectivity index (χ3n) is 3.19. The molecule has 22 heavy (non-hydrogen) atoms. The van der Waals surface area contributed by atoms with Gasteiger partial charge in [-0.15, -0.1) is 0 Å². The average molecular weight is 376 g/mol.